The van der Waals surface area contributed by atoms with Gasteiger partial charge in [0.1, 0.15) is 12.4 Å². The summed E-state index contributed by atoms with van der Waals surface area (Å²) in [5, 5.41) is 5.31. The number of rotatable bonds is 6. The van der Waals surface area contributed by atoms with Crippen LogP contribution in [0.2, 0.25) is 0 Å². The van der Waals surface area contributed by atoms with E-state index in [9.17, 15) is 4.79 Å². The maximum Gasteiger partial charge on any atom is 0.251 e. The number of carbonyl (C=O) groups is 1. The van der Waals surface area contributed by atoms with E-state index >= 15 is 0 Å². The Balaban J connectivity index is 1.67. The molecule has 1 N–H and O–H groups in total. The Hall–Kier alpha value is -3.07. The molecule has 0 saturated heterocycles. The topological polar surface area (TPSA) is 38.3 Å². The SMILES string of the molecule is C=CCOc1ccc(C(=O)NCc2cccc3ccccc23)cc1. The molecule has 0 aromatic heterocycles. The predicted octanol–water partition coefficient (Wildman–Crippen LogP) is 4.33. The molecule has 0 unspecified atom stereocenters. The normalized spacial score (nSPS) is 10.3. The second-order valence-electron chi connectivity index (χ2n) is 5.45. The molecule has 1 amide bonds. The van der Waals surface area contributed by atoms with Crippen molar-refractivity contribution in [2.75, 3.05) is 6.61 Å². The van der Waals surface area contributed by atoms with Crippen molar-refractivity contribution in [3.8, 4) is 5.75 Å². The molecule has 3 nitrogen and oxygen atoms in total. The van der Waals surface area contributed by atoms with Crippen LogP contribution >= 0.6 is 0 Å². The number of benzene rings is 3. The largest absolute Gasteiger partial charge is 0.490 e. The summed E-state index contributed by atoms with van der Waals surface area (Å²) in [7, 11) is 0. The van der Waals surface area contributed by atoms with Crippen LogP contribution in [0.5, 0.6) is 5.75 Å². The Labute approximate surface area is 141 Å². The molecular weight excluding hydrogens is 298 g/mol. The fourth-order valence-corrected chi connectivity index (χ4v) is 2.58. The van der Waals surface area contributed by atoms with Gasteiger partial charge in [0.05, 0.1) is 0 Å². The third kappa shape index (κ3) is 3.63. The van der Waals surface area contributed by atoms with Gasteiger partial charge in [0.15, 0.2) is 0 Å². The van der Waals surface area contributed by atoms with Crippen LogP contribution < -0.4 is 10.1 Å². The van der Waals surface area contributed by atoms with Crippen LogP contribution in [0.3, 0.4) is 0 Å². The predicted molar refractivity (Wildman–Crippen MR) is 97.3 cm³/mol. The van der Waals surface area contributed by atoms with Gasteiger partial charge >= 0.3 is 0 Å². The number of hydrogen-bond acceptors (Lipinski definition) is 2. The van der Waals surface area contributed by atoms with E-state index in [-0.39, 0.29) is 5.91 Å². The Morgan fingerprint density at radius 1 is 1.00 bits per heavy atom. The van der Waals surface area contributed by atoms with Crippen molar-refractivity contribution in [1.82, 2.24) is 5.32 Å². The molecule has 0 spiro atoms. The third-order valence-electron chi connectivity index (χ3n) is 3.80. The van der Waals surface area contributed by atoms with Crippen molar-refractivity contribution in [3.05, 3.63) is 90.5 Å². The summed E-state index contributed by atoms with van der Waals surface area (Å²) in [6.45, 7) is 4.55. The first-order chi connectivity index (χ1) is 11.8. The van der Waals surface area contributed by atoms with Crippen molar-refractivity contribution in [1.29, 1.82) is 0 Å². The van der Waals surface area contributed by atoms with Crippen molar-refractivity contribution in [2.24, 2.45) is 0 Å². The van der Waals surface area contributed by atoms with Crippen LogP contribution in [0.4, 0.5) is 0 Å². The molecule has 3 heteroatoms. The molecule has 0 aliphatic carbocycles. The summed E-state index contributed by atoms with van der Waals surface area (Å²) in [6.07, 6.45) is 1.69. The highest BCUT2D eigenvalue weighted by Gasteiger charge is 2.07. The van der Waals surface area contributed by atoms with Crippen molar-refractivity contribution in [3.63, 3.8) is 0 Å². The highest BCUT2D eigenvalue weighted by molar-refractivity contribution is 5.94. The van der Waals surface area contributed by atoms with Gasteiger partial charge < -0.3 is 10.1 Å². The number of amides is 1. The molecule has 0 bridgehead atoms. The standard InChI is InChI=1S/C21H19NO2/c1-2-14-24-19-12-10-17(11-13-19)21(23)22-15-18-8-5-7-16-6-3-4-9-20(16)18/h2-13H,1,14-15H2,(H,22,23). The fourth-order valence-electron chi connectivity index (χ4n) is 2.58. The summed E-state index contributed by atoms with van der Waals surface area (Å²) < 4.78 is 5.42. The fraction of sp³-hybridized carbons (Fsp3) is 0.0952. The average molecular weight is 317 g/mol. The van der Waals surface area contributed by atoms with Gasteiger partial charge in [-0.1, -0.05) is 55.1 Å². The summed E-state index contributed by atoms with van der Waals surface area (Å²) in [6, 6.07) is 21.4. The zero-order valence-corrected chi connectivity index (χ0v) is 13.4. The number of fused-ring (bicyclic) bond motifs is 1. The Bertz CT molecular complexity index is 848. The van der Waals surface area contributed by atoms with Crippen LogP contribution in [0, 0.1) is 0 Å². The van der Waals surface area contributed by atoms with Gasteiger partial charge in [-0.15, -0.1) is 0 Å². The maximum absolute atomic E-state index is 12.3. The molecule has 0 radical (unpaired) electrons. The minimum absolute atomic E-state index is 0.0989. The molecule has 0 saturated carbocycles. The molecule has 0 aliphatic heterocycles. The first-order valence-electron chi connectivity index (χ1n) is 7.86. The smallest absolute Gasteiger partial charge is 0.251 e. The lowest BCUT2D eigenvalue weighted by atomic mass is 10.0. The zero-order valence-electron chi connectivity index (χ0n) is 13.4. The highest BCUT2D eigenvalue weighted by atomic mass is 16.5. The second-order valence-corrected chi connectivity index (χ2v) is 5.45. The zero-order chi connectivity index (χ0) is 16.8. The van der Waals surface area contributed by atoms with E-state index in [1.165, 1.54) is 5.39 Å². The molecule has 0 atom stereocenters. The van der Waals surface area contributed by atoms with Crippen molar-refractivity contribution < 1.29 is 9.53 Å². The summed E-state index contributed by atoms with van der Waals surface area (Å²) in [4.78, 5) is 12.3. The molecule has 3 rings (SSSR count). The second kappa shape index (κ2) is 7.47. The first-order valence-corrected chi connectivity index (χ1v) is 7.86. The minimum Gasteiger partial charge on any atom is -0.490 e. The monoisotopic (exact) mass is 317 g/mol. The van der Waals surface area contributed by atoms with Crippen LogP contribution in [0.1, 0.15) is 15.9 Å². The van der Waals surface area contributed by atoms with Crippen molar-refractivity contribution >= 4 is 16.7 Å². The Morgan fingerprint density at radius 3 is 2.54 bits per heavy atom. The molecule has 120 valence electrons. The maximum atomic E-state index is 12.3. The van der Waals surface area contributed by atoms with Crippen LogP contribution in [-0.2, 0) is 6.54 Å². The van der Waals surface area contributed by atoms with E-state index in [0.29, 0.717) is 18.7 Å². The van der Waals surface area contributed by atoms with Crippen LogP contribution in [0.15, 0.2) is 79.4 Å². The molecule has 3 aromatic carbocycles. The lowest BCUT2D eigenvalue weighted by molar-refractivity contribution is 0.0951. The van der Waals surface area contributed by atoms with E-state index in [4.69, 9.17) is 4.74 Å². The van der Waals surface area contributed by atoms with Gasteiger partial charge in [-0.25, -0.2) is 0 Å². The summed E-state index contributed by atoms with van der Waals surface area (Å²) in [5.41, 5.74) is 1.72. The van der Waals surface area contributed by atoms with Gasteiger partial charge in [0.25, 0.3) is 5.91 Å². The van der Waals surface area contributed by atoms with E-state index in [1.54, 1.807) is 30.3 Å². The van der Waals surface area contributed by atoms with Gasteiger partial charge in [-0.05, 0) is 40.6 Å². The van der Waals surface area contributed by atoms with E-state index < -0.39 is 0 Å². The van der Waals surface area contributed by atoms with Crippen LogP contribution in [0.25, 0.3) is 10.8 Å². The highest BCUT2D eigenvalue weighted by Crippen LogP contribution is 2.18. The summed E-state index contributed by atoms with van der Waals surface area (Å²) >= 11 is 0. The molecular formula is C21H19NO2. The lowest BCUT2D eigenvalue weighted by Gasteiger charge is -2.09. The number of nitrogens with one attached hydrogen (secondary N) is 1. The van der Waals surface area contributed by atoms with E-state index in [0.717, 1.165) is 16.7 Å². The third-order valence-corrected chi connectivity index (χ3v) is 3.80. The molecule has 0 heterocycles. The van der Waals surface area contributed by atoms with Gasteiger partial charge in [0, 0.05) is 12.1 Å². The molecule has 3 aromatic rings. The molecule has 0 fully saturated rings. The van der Waals surface area contributed by atoms with Gasteiger partial charge in [-0.3, -0.25) is 4.79 Å². The Kier molecular flexibility index (Phi) is 4.92. The lowest BCUT2D eigenvalue weighted by Crippen LogP contribution is -2.22. The number of carbonyl (C=O) groups excluding carboxylic acids is 1. The number of ether oxygens (including phenoxy) is 1. The summed E-state index contributed by atoms with van der Waals surface area (Å²) in [5.74, 6) is 0.624. The van der Waals surface area contributed by atoms with E-state index in [2.05, 4.69) is 30.1 Å². The average Bonchev–Trinajstić information content (AvgIpc) is 2.64. The van der Waals surface area contributed by atoms with Gasteiger partial charge in [-0.2, -0.15) is 0 Å². The van der Waals surface area contributed by atoms with Gasteiger partial charge in [0.2, 0.25) is 0 Å². The van der Waals surface area contributed by atoms with E-state index in [1.807, 2.05) is 24.3 Å². The first kappa shape index (κ1) is 15.8. The number of hydrogen-bond donors (Lipinski definition) is 1. The van der Waals surface area contributed by atoms with Crippen LogP contribution in [-0.4, -0.2) is 12.5 Å². The quantitative estimate of drug-likeness (QED) is 0.687. The van der Waals surface area contributed by atoms with Crippen molar-refractivity contribution in [2.45, 2.75) is 6.54 Å². The molecule has 24 heavy (non-hydrogen) atoms. The Morgan fingerprint density at radius 2 is 1.75 bits per heavy atom. The molecule has 0 aliphatic rings. The minimum atomic E-state index is -0.0989.